The number of nitrogens with one attached hydrogen (secondary N) is 1. The molecule has 3 aromatic rings. The van der Waals surface area contributed by atoms with E-state index in [1.807, 2.05) is 41.2 Å². The fourth-order valence-electron chi connectivity index (χ4n) is 2.31. The predicted molar refractivity (Wildman–Crippen MR) is 77.9 cm³/mol. The van der Waals surface area contributed by atoms with Gasteiger partial charge in [0.1, 0.15) is 12.1 Å². The van der Waals surface area contributed by atoms with Gasteiger partial charge in [-0.15, -0.1) is 0 Å². The molecule has 100 valence electrons. The van der Waals surface area contributed by atoms with E-state index in [1.54, 1.807) is 6.33 Å². The van der Waals surface area contributed by atoms with Gasteiger partial charge in [-0.1, -0.05) is 18.2 Å². The lowest BCUT2D eigenvalue weighted by Gasteiger charge is -2.06. The minimum absolute atomic E-state index is 0.809. The molecule has 1 saturated carbocycles. The molecule has 1 N–H and O–H groups in total. The summed E-state index contributed by atoms with van der Waals surface area (Å²) >= 11 is 0. The van der Waals surface area contributed by atoms with Crippen LogP contribution in [0.2, 0.25) is 0 Å². The summed E-state index contributed by atoms with van der Waals surface area (Å²) in [6, 6.07) is 10.0. The second-order valence-corrected chi connectivity index (χ2v) is 5.18. The summed E-state index contributed by atoms with van der Waals surface area (Å²) in [7, 11) is 0. The zero-order valence-electron chi connectivity index (χ0n) is 11.0. The van der Waals surface area contributed by atoms with Crippen LogP contribution in [0, 0.1) is 5.92 Å². The quantitative estimate of drug-likeness (QED) is 0.788. The number of para-hydroxylation sites is 1. The molecule has 2 heterocycles. The average molecular weight is 265 g/mol. The Hall–Kier alpha value is -2.43. The Bertz CT molecular complexity index is 730. The van der Waals surface area contributed by atoms with E-state index >= 15 is 0 Å². The number of anilines is 1. The number of hydrogen-bond donors (Lipinski definition) is 1. The molecule has 0 bridgehead atoms. The average Bonchev–Trinajstić information content (AvgIpc) is 3.23. The van der Waals surface area contributed by atoms with E-state index in [1.165, 1.54) is 12.8 Å². The summed E-state index contributed by atoms with van der Waals surface area (Å²) in [6.45, 7) is 0.989. The number of aromatic nitrogens is 4. The van der Waals surface area contributed by atoms with Crippen LogP contribution in [-0.2, 0) is 0 Å². The minimum Gasteiger partial charge on any atom is -0.369 e. The second-order valence-electron chi connectivity index (χ2n) is 5.18. The fraction of sp³-hybridized carbons (Fsp3) is 0.267. The molecule has 5 nitrogen and oxygen atoms in total. The summed E-state index contributed by atoms with van der Waals surface area (Å²) in [5.74, 6) is 1.69. The van der Waals surface area contributed by atoms with Gasteiger partial charge in [0.05, 0.1) is 17.3 Å². The normalized spacial score (nSPS) is 14.6. The fourth-order valence-corrected chi connectivity index (χ4v) is 2.31. The van der Waals surface area contributed by atoms with Gasteiger partial charge in [0.2, 0.25) is 0 Å². The first-order chi connectivity index (χ1) is 9.92. The highest BCUT2D eigenvalue weighted by Gasteiger charge is 2.21. The van der Waals surface area contributed by atoms with Gasteiger partial charge >= 0.3 is 0 Å². The van der Waals surface area contributed by atoms with Crippen molar-refractivity contribution in [2.75, 3.05) is 11.9 Å². The Balaban J connectivity index is 1.75. The summed E-state index contributed by atoms with van der Waals surface area (Å²) in [6.07, 6.45) is 6.07. The Labute approximate surface area is 116 Å². The van der Waals surface area contributed by atoms with Crippen molar-refractivity contribution >= 4 is 16.9 Å². The van der Waals surface area contributed by atoms with Gasteiger partial charge in [-0.05, 0) is 30.9 Å². The number of nitrogens with zero attached hydrogens (tertiary/aromatic N) is 4. The lowest BCUT2D eigenvalue weighted by molar-refractivity contribution is 0.881. The van der Waals surface area contributed by atoms with Gasteiger partial charge < -0.3 is 5.32 Å². The molecule has 1 aliphatic carbocycles. The number of fused-ring (bicyclic) bond motifs is 1. The largest absolute Gasteiger partial charge is 0.369 e. The molecular formula is C15H15N5. The van der Waals surface area contributed by atoms with Crippen LogP contribution in [0.1, 0.15) is 12.8 Å². The maximum atomic E-state index is 4.44. The highest BCUT2D eigenvalue weighted by atomic mass is 15.3. The lowest BCUT2D eigenvalue weighted by Crippen LogP contribution is -2.06. The smallest absolute Gasteiger partial charge is 0.168 e. The van der Waals surface area contributed by atoms with E-state index in [4.69, 9.17) is 0 Å². The molecule has 20 heavy (non-hydrogen) atoms. The molecule has 0 spiro atoms. The van der Waals surface area contributed by atoms with Crippen LogP contribution < -0.4 is 5.32 Å². The van der Waals surface area contributed by atoms with E-state index in [2.05, 4.69) is 20.4 Å². The summed E-state index contributed by atoms with van der Waals surface area (Å²) in [4.78, 5) is 8.71. The molecule has 4 rings (SSSR count). The molecule has 5 heteroatoms. The highest BCUT2D eigenvalue weighted by molar-refractivity contribution is 5.87. The van der Waals surface area contributed by atoms with Gasteiger partial charge in [0.25, 0.3) is 0 Å². The van der Waals surface area contributed by atoms with Gasteiger partial charge in [-0.2, -0.15) is 5.10 Å². The van der Waals surface area contributed by atoms with E-state index in [9.17, 15) is 0 Å². The van der Waals surface area contributed by atoms with Gasteiger partial charge in [-0.3, -0.25) is 0 Å². The van der Waals surface area contributed by atoms with Crippen molar-refractivity contribution in [2.45, 2.75) is 12.8 Å². The molecule has 0 unspecified atom stereocenters. The van der Waals surface area contributed by atoms with Crippen LogP contribution in [0.25, 0.3) is 16.7 Å². The monoisotopic (exact) mass is 265 g/mol. The first-order valence-corrected chi connectivity index (χ1v) is 6.90. The van der Waals surface area contributed by atoms with Crippen molar-refractivity contribution < 1.29 is 0 Å². The van der Waals surface area contributed by atoms with Crippen molar-refractivity contribution in [1.82, 2.24) is 19.7 Å². The van der Waals surface area contributed by atoms with Gasteiger partial charge in [0.15, 0.2) is 5.65 Å². The van der Waals surface area contributed by atoms with E-state index < -0.39 is 0 Å². The molecule has 0 radical (unpaired) electrons. The van der Waals surface area contributed by atoms with Crippen LogP contribution in [0.5, 0.6) is 0 Å². The third-order valence-corrected chi connectivity index (χ3v) is 3.62. The highest BCUT2D eigenvalue weighted by Crippen LogP contribution is 2.29. The van der Waals surface area contributed by atoms with Crippen LogP contribution >= 0.6 is 0 Å². The Morgan fingerprint density at radius 1 is 1.15 bits per heavy atom. The SMILES string of the molecule is c1ccc(-n2ncc3c(NCC4CC4)ncnc32)cc1. The van der Waals surface area contributed by atoms with Crippen LogP contribution in [-0.4, -0.2) is 26.3 Å². The van der Waals surface area contributed by atoms with Crippen LogP contribution in [0.3, 0.4) is 0 Å². The molecule has 2 aromatic heterocycles. The topological polar surface area (TPSA) is 55.6 Å². The van der Waals surface area contributed by atoms with E-state index in [0.717, 1.165) is 35.0 Å². The second kappa shape index (κ2) is 4.59. The van der Waals surface area contributed by atoms with Gasteiger partial charge in [-0.25, -0.2) is 14.6 Å². The summed E-state index contributed by atoms with van der Waals surface area (Å²) < 4.78 is 1.85. The van der Waals surface area contributed by atoms with Crippen molar-refractivity contribution in [2.24, 2.45) is 5.92 Å². The Kier molecular flexibility index (Phi) is 2.62. The molecule has 1 aliphatic rings. The Morgan fingerprint density at radius 3 is 2.80 bits per heavy atom. The maximum absolute atomic E-state index is 4.44. The van der Waals surface area contributed by atoms with Crippen LogP contribution in [0.15, 0.2) is 42.9 Å². The van der Waals surface area contributed by atoms with Crippen molar-refractivity contribution in [3.63, 3.8) is 0 Å². The summed E-state index contributed by atoms with van der Waals surface area (Å²) in [5.41, 5.74) is 1.85. The molecule has 1 aromatic carbocycles. The minimum atomic E-state index is 0.809. The molecule has 0 atom stereocenters. The van der Waals surface area contributed by atoms with Crippen molar-refractivity contribution in [3.8, 4) is 5.69 Å². The maximum Gasteiger partial charge on any atom is 0.168 e. The number of rotatable bonds is 4. The van der Waals surface area contributed by atoms with Crippen molar-refractivity contribution in [1.29, 1.82) is 0 Å². The molecule has 0 aliphatic heterocycles. The molecule has 0 saturated heterocycles. The molecular weight excluding hydrogens is 250 g/mol. The third kappa shape index (κ3) is 2.01. The van der Waals surface area contributed by atoms with Crippen LogP contribution in [0.4, 0.5) is 5.82 Å². The summed E-state index contributed by atoms with van der Waals surface area (Å²) in [5, 5.41) is 8.82. The lowest BCUT2D eigenvalue weighted by atomic mass is 10.3. The standard InChI is InChI=1S/C15H15N5/c1-2-4-12(5-3-1)20-15-13(9-19-20)14(17-10-18-15)16-8-11-6-7-11/h1-5,9-11H,6-8H2,(H,16,17,18). The first-order valence-electron chi connectivity index (χ1n) is 6.90. The molecule has 1 fully saturated rings. The third-order valence-electron chi connectivity index (χ3n) is 3.62. The zero-order valence-corrected chi connectivity index (χ0v) is 11.0. The predicted octanol–water partition coefficient (Wildman–Crippen LogP) is 2.64. The van der Waals surface area contributed by atoms with E-state index in [0.29, 0.717) is 0 Å². The van der Waals surface area contributed by atoms with Gasteiger partial charge in [0, 0.05) is 6.54 Å². The van der Waals surface area contributed by atoms with E-state index in [-0.39, 0.29) is 0 Å². The molecule has 0 amide bonds. The van der Waals surface area contributed by atoms with Crippen molar-refractivity contribution in [3.05, 3.63) is 42.9 Å². The zero-order chi connectivity index (χ0) is 13.4. The Morgan fingerprint density at radius 2 is 2.00 bits per heavy atom. The number of benzene rings is 1. The number of hydrogen-bond acceptors (Lipinski definition) is 4. The first kappa shape index (κ1) is 11.4.